The van der Waals surface area contributed by atoms with E-state index in [2.05, 4.69) is 37.8 Å². The molecule has 150 valence electrons. The molecular formula is C24H31ClN2O. The van der Waals surface area contributed by atoms with Gasteiger partial charge in [0.15, 0.2) is 0 Å². The zero-order valence-electron chi connectivity index (χ0n) is 17.5. The zero-order valence-corrected chi connectivity index (χ0v) is 18.2. The second-order valence-corrected chi connectivity index (χ2v) is 8.05. The van der Waals surface area contributed by atoms with Gasteiger partial charge >= 0.3 is 0 Å². The average molecular weight is 399 g/mol. The van der Waals surface area contributed by atoms with E-state index >= 15 is 0 Å². The lowest BCUT2D eigenvalue weighted by molar-refractivity contribution is 0.288. The van der Waals surface area contributed by atoms with Gasteiger partial charge in [0.1, 0.15) is 5.75 Å². The molecule has 0 N–H and O–H groups in total. The fourth-order valence-electron chi connectivity index (χ4n) is 3.98. The maximum Gasteiger partial charge on any atom is 0.119 e. The van der Waals surface area contributed by atoms with Crippen molar-refractivity contribution in [3.63, 3.8) is 0 Å². The maximum absolute atomic E-state index is 6.24. The van der Waals surface area contributed by atoms with Gasteiger partial charge in [-0.2, -0.15) is 0 Å². The van der Waals surface area contributed by atoms with Gasteiger partial charge in [0.2, 0.25) is 0 Å². The number of methoxy groups -OCH3 is 1. The minimum absolute atomic E-state index is 0.603. The predicted molar refractivity (Wildman–Crippen MR) is 121 cm³/mol. The third-order valence-corrected chi connectivity index (χ3v) is 5.91. The van der Waals surface area contributed by atoms with Crippen LogP contribution in [0, 0.1) is 5.92 Å². The number of fused-ring (bicyclic) bond motifs is 2. The Hall–Kier alpha value is -1.84. The molecule has 1 aromatic heterocycles. The van der Waals surface area contributed by atoms with Crippen molar-refractivity contribution in [2.45, 2.75) is 40.0 Å². The lowest BCUT2D eigenvalue weighted by Gasteiger charge is -2.20. The van der Waals surface area contributed by atoms with Gasteiger partial charge in [0, 0.05) is 15.8 Å². The summed E-state index contributed by atoms with van der Waals surface area (Å²) in [6, 6.07) is 12.2. The number of hydrogen-bond acceptors (Lipinski definition) is 3. The van der Waals surface area contributed by atoms with Crippen molar-refractivity contribution in [1.82, 2.24) is 9.88 Å². The molecule has 3 nitrogen and oxygen atoms in total. The van der Waals surface area contributed by atoms with Crippen molar-refractivity contribution in [3.05, 3.63) is 47.0 Å². The number of hydrogen-bond donors (Lipinski definition) is 0. The maximum atomic E-state index is 6.24. The zero-order chi connectivity index (χ0) is 20.1. The highest BCUT2D eigenvalue weighted by Gasteiger charge is 2.14. The van der Waals surface area contributed by atoms with E-state index in [9.17, 15) is 0 Å². The first-order chi connectivity index (χ1) is 13.5. The summed E-state index contributed by atoms with van der Waals surface area (Å²) in [7, 11) is 1.71. The normalized spacial score (nSPS) is 12.8. The Morgan fingerprint density at radius 2 is 1.82 bits per heavy atom. The molecule has 0 saturated heterocycles. The van der Waals surface area contributed by atoms with E-state index in [4.69, 9.17) is 21.3 Å². The second-order valence-electron chi connectivity index (χ2n) is 7.61. The van der Waals surface area contributed by atoms with E-state index in [0.29, 0.717) is 5.92 Å². The Balaban J connectivity index is 1.92. The average Bonchev–Trinajstić information content (AvgIpc) is 2.70. The summed E-state index contributed by atoms with van der Waals surface area (Å²) in [5, 5.41) is 3.11. The van der Waals surface area contributed by atoms with Crippen LogP contribution in [-0.2, 0) is 6.42 Å². The molecule has 1 heterocycles. The quantitative estimate of drug-likeness (QED) is 0.392. The summed E-state index contributed by atoms with van der Waals surface area (Å²) < 4.78 is 5.47. The molecule has 3 rings (SSSR count). The fourth-order valence-corrected chi connectivity index (χ4v) is 4.15. The number of nitrogens with zero attached hydrogens (tertiary/aromatic N) is 2. The lowest BCUT2D eigenvalue weighted by Crippen LogP contribution is -2.24. The Bertz CT molecular complexity index is 937. The molecule has 0 radical (unpaired) electrons. The first-order valence-electron chi connectivity index (χ1n) is 10.3. The topological polar surface area (TPSA) is 25.4 Å². The van der Waals surface area contributed by atoms with Crippen LogP contribution in [0.3, 0.4) is 0 Å². The van der Waals surface area contributed by atoms with E-state index in [-0.39, 0.29) is 0 Å². The molecule has 4 heteroatoms. The largest absolute Gasteiger partial charge is 0.497 e. The van der Waals surface area contributed by atoms with Gasteiger partial charge in [0.25, 0.3) is 0 Å². The van der Waals surface area contributed by atoms with Crippen LogP contribution in [0.4, 0.5) is 0 Å². The molecule has 0 bridgehead atoms. The second kappa shape index (κ2) is 9.58. The highest BCUT2D eigenvalue weighted by Crippen LogP contribution is 2.32. The molecule has 28 heavy (non-hydrogen) atoms. The van der Waals surface area contributed by atoms with Crippen molar-refractivity contribution in [2.75, 3.05) is 26.7 Å². The summed E-state index contributed by atoms with van der Waals surface area (Å²) in [6.07, 6.45) is 3.49. The van der Waals surface area contributed by atoms with Crippen molar-refractivity contribution in [3.8, 4) is 5.75 Å². The van der Waals surface area contributed by atoms with Crippen molar-refractivity contribution < 1.29 is 4.74 Å². The highest BCUT2D eigenvalue weighted by atomic mass is 35.5. The molecule has 1 unspecified atom stereocenters. The molecule has 0 spiro atoms. The van der Waals surface area contributed by atoms with E-state index in [1.54, 1.807) is 7.11 Å². The van der Waals surface area contributed by atoms with Gasteiger partial charge < -0.3 is 9.64 Å². The first kappa shape index (κ1) is 20.9. The SMILES string of the molecule is CCN(CC)CCCC(C)Cc1c2ccc(Cl)cc2nc2ccc(OC)cc12. The van der Waals surface area contributed by atoms with Crippen LogP contribution in [0.2, 0.25) is 5.02 Å². The minimum atomic E-state index is 0.603. The summed E-state index contributed by atoms with van der Waals surface area (Å²) >= 11 is 6.24. The number of aromatic nitrogens is 1. The monoisotopic (exact) mass is 398 g/mol. The Morgan fingerprint density at radius 1 is 1.04 bits per heavy atom. The fraction of sp³-hybridized carbons (Fsp3) is 0.458. The molecule has 3 aromatic rings. The minimum Gasteiger partial charge on any atom is -0.497 e. The Kier molecular flexibility index (Phi) is 7.14. The molecule has 0 amide bonds. The van der Waals surface area contributed by atoms with Crippen molar-refractivity contribution >= 4 is 33.4 Å². The molecule has 0 saturated carbocycles. The summed E-state index contributed by atoms with van der Waals surface area (Å²) in [5.74, 6) is 1.48. The van der Waals surface area contributed by atoms with Gasteiger partial charge in [-0.05, 0) is 80.7 Å². The predicted octanol–water partition coefficient (Wildman–Crippen LogP) is 6.35. The summed E-state index contributed by atoms with van der Waals surface area (Å²) in [5.41, 5.74) is 3.32. The van der Waals surface area contributed by atoms with Crippen LogP contribution in [0.5, 0.6) is 5.75 Å². The van der Waals surface area contributed by atoms with Crippen LogP contribution >= 0.6 is 11.6 Å². The van der Waals surface area contributed by atoms with Crippen LogP contribution in [-0.4, -0.2) is 36.6 Å². The lowest BCUT2D eigenvalue weighted by atomic mass is 9.91. The van der Waals surface area contributed by atoms with Gasteiger partial charge in [0.05, 0.1) is 18.1 Å². The molecule has 2 aromatic carbocycles. The van der Waals surface area contributed by atoms with Crippen molar-refractivity contribution in [1.29, 1.82) is 0 Å². The van der Waals surface area contributed by atoms with E-state index in [0.717, 1.165) is 41.3 Å². The van der Waals surface area contributed by atoms with Crippen LogP contribution < -0.4 is 4.74 Å². The Labute approximate surface area is 173 Å². The molecule has 0 fully saturated rings. The first-order valence-corrected chi connectivity index (χ1v) is 10.7. The van der Waals surface area contributed by atoms with Crippen LogP contribution in [0.1, 0.15) is 39.2 Å². The number of pyridine rings is 1. The van der Waals surface area contributed by atoms with Gasteiger partial charge in [-0.25, -0.2) is 4.98 Å². The highest BCUT2D eigenvalue weighted by molar-refractivity contribution is 6.31. The number of benzene rings is 2. The van der Waals surface area contributed by atoms with Gasteiger partial charge in [-0.15, -0.1) is 0 Å². The Morgan fingerprint density at radius 3 is 2.54 bits per heavy atom. The number of rotatable bonds is 9. The van der Waals surface area contributed by atoms with Gasteiger partial charge in [-0.1, -0.05) is 38.4 Å². The third kappa shape index (κ3) is 4.76. The summed E-state index contributed by atoms with van der Waals surface area (Å²) in [4.78, 5) is 7.34. The van der Waals surface area contributed by atoms with E-state index in [1.807, 2.05) is 24.3 Å². The molecular weight excluding hydrogens is 368 g/mol. The molecule has 0 aliphatic carbocycles. The third-order valence-electron chi connectivity index (χ3n) is 5.67. The summed E-state index contributed by atoms with van der Waals surface area (Å²) in [6.45, 7) is 10.3. The standard InChI is InChI=1S/C24H31ClN2O/c1-5-27(6-2)13-7-8-17(3)14-21-20-11-9-18(25)15-24(20)26-23-12-10-19(28-4)16-22(21)23/h9-12,15-17H,5-8,13-14H2,1-4H3. The van der Waals surface area contributed by atoms with E-state index < -0.39 is 0 Å². The molecule has 0 aliphatic heterocycles. The number of halogens is 1. The smallest absolute Gasteiger partial charge is 0.119 e. The molecule has 0 aliphatic rings. The van der Waals surface area contributed by atoms with Crippen LogP contribution in [0.25, 0.3) is 21.8 Å². The van der Waals surface area contributed by atoms with E-state index in [1.165, 1.54) is 35.7 Å². The molecule has 1 atom stereocenters. The van der Waals surface area contributed by atoms with Crippen LogP contribution in [0.15, 0.2) is 36.4 Å². The van der Waals surface area contributed by atoms with Gasteiger partial charge in [-0.3, -0.25) is 0 Å². The number of ether oxygens (including phenoxy) is 1. The van der Waals surface area contributed by atoms with Crippen molar-refractivity contribution in [2.24, 2.45) is 5.92 Å².